The van der Waals surface area contributed by atoms with Crippen molar-refractivity contribution in [3.63, 3.8) is 0 Å². The van der Waals surface area contributed by atoms with Crippen LogP contribution in [-0.2, 0) is 14.2 Å². The smallest absolute Gasteiger partial charge is 0.254 e. The lowest BCUT2D eigenvalue weighted by molar-refractivity contribution is -0.0784. The molecule has 8 heteroatoms. The number of aliphatic hydroxyl groups is 1. The zero-order chi connectivity index (χ0) is 22.1. The van der Waals surface area contributed by atoms with Gasteiger partial charge in [-0.1, -0.05) is 0 Å². The maximum atomic E-state index is 13.2. The van der Waals surface area contributed by atoms with Crippen LogP contribution in [0.3, 0.4) is 0 Å². The van der Waals surface area contributed by atoms with Gasteiger partial charge in [0.15, 0.2) is 0 Å². The molecule has 1 amide bonds. The Kier molecular flexibility index (Phi) is 9.64. The number of benzene rings is 1. The van der Waals surface area contributed by atoms with E-state index < -0.39 is 6.10 Å². The van der Waals surface area contributed by atoms with E-state index in [2.05, 4.69) is 4.90 Å². The monoisotopic (exact) mass is 426 g/mol. The lowest BCUT2D eigenvalue weighted by Crippen LogP contribution is -2.51. The molecule has 30 heavy (non-hydrogen) atoms. The van der Waals surface area contributed by atoms with Gasteiger partial charge in [0.05, 0.1) is 37.6 Å². The van der Waals surface area contributed by atoms with E-state index in [0.717, 1.165) is 0 Å². The van der Waals surface area contributed by atoms with Crippen LogP contribution < -0.4 is 0 Å². The van der Waals surface area contributed by atoms with E-state index in [1.807, 2.05) is 20.8 Å². The molecule has 2 rings (SSSR count). The zero-order valence-corrected chi connectivity index (χ0v) is 18.5. The van der Waals surface area contributed by atoms with Gasteiger partial charge in [0, 0.05) is 45.4 Å². The molecule has 0 aromatic heterocycles. The largest absolute Gasteiger partial charge is 0.389 e. The lowest BCUT2D eigenvalue weighted by Gasteiger charge is -2.36. The van der Waals surface area contributed by atoms with E-state index in [4.69, 9.17) is 14.2 Å². The average molecular weight is 427 g/mol. The van der Waals surface area contributed by atoms with Crippen molar-refractivity contribution in [1.82, 2.24) is 9.80 Å². The molecule has 1 N–H and O–H groups in total. The van der Waals surface area contributed by atoms with Crippen molar-refractivity contribution in [2.45, 2.75) is 38.6 Å². The predicted octanol–water partition coefficient (Wildman–Crippen LogP) is 1.79. The summed E-state index contributed by atoms with van der Waals surface area (Å²) in [6.45, 7) is 9.67. The molecular formula is C22H35FN2O5. The standard InChI is InChI=1S/C22H35FN2O5/c1-22(2,3)30-16-19(26)13-24-9-12-29-20(14-24)15-25(10-11-28-4)21(27)17-5-7-18(23)8-6-17/h5-8,19-20,26H,9-16H2,1-4H3/t19-,20-/m0/s1. The molecule has 7 nitrogen and oxygen atoms in total. The molecule has 170 valence electrons. The van der Waals surface area contributed by atoms with Gasteiger partial charge < -0.3 is 24.2 Å². The van der Waals surface area contributed by atoms with Crippen LogP contribution in [0.15, 0.2) is 24.3 Å². The Bertz CT molecular complexity index is 650. The van der Waals surface area contributed by atoms with Crippen molar-refractivity contribution in [3.05, 3.63) is 35.6 Å². The summed E-state index contributed by atoms with van der Waals surface area (Å²) in [4.78, 5) is 16.7. The van der Waals surface area contributed by atoms with E-state index in [1.165, 1.54) is 24.3 Å². The molecule has 1 aliphatic heterocycles. The molecule has 0 unspecified atom stereocenters. The number of hydrogen-bond acceptors (Lipinski definition) is 6. The van der Waals surface area contributed by atoms with Crippen LogP contribution >= 0.6 is 0 Å². The van der Waals surface area contributed by atoms with E-state index in [1.54, 1.807) is 12.0 Å². The summed E-state index contributed by atoms with van der Waals surface area (Å²) in [6.07, 6.45) is -0.774. The molecule has 1 aromatic rings. The Hall–Kier alpha value is -1.58. The van der Waals surface area contributed by atoms with E-state index in [0.29, 0.717) is 51.5 Å². The Morgan fingerprint density at radius 1 is 1.37 bits per heavy atom. The van der Waals surface area contributed by atoms with Crippen LogP contribution in [0.2, 0.25) is 0 Å². The second kappa shape index (κ2) is 11.7. The van der Waals surface area contributed by atoms with Gasteiger partial charge >= 0.3 is 0 Å². The minimum absolute atomic E-state index is 0.185. The van der Waals surface area contributed by atoms with E-state index in [-0.39, 0.29) is 30.0 Å². The normalized spacial score (nSPS) is 18.9. The summed E-state index contributed by atoms with van der Waals surface area (Å²) in [6, 6.07) is 5.53. The van der Waals surface area contributed by atoms with Crippen molar-refractivity contribution >= 4 is 5.91 Å². The van der Waals surface area contributed by atoms with Gasteiger partial charge in [0.2, 0.25) is 0 Å². The third-order valence-corrected chi connectivity index (χ3v) is 4.77. The molecule has 2 atom stereocenters. The van der Waals surface area contributed by atoms with Crippen molar-refractivity contribution < 1.29 is 28.5 Å². The minimum Gasteiger partial charge on any atom is -0.389 e. The van der Waals surface area contributed by atoms with Crippen LogP contribution in [-0.4, -0.2) is 98.3 Å². The number of carbonyl (C=O) groups excluding carboxylic acids is 1. The fourth-order valence-electron chi connectivity index (χ4n) is 3.25. The molecule has 0 aliphatic carbocycles. The number of ether oxygens (including phenoxy) is 3. The topological polar surface area (TPSA) is 71.5 Å². The molecular weight excluding hydrogens is 391 g/mol. The lowest BCUT2D eigenvalue weighted by atomic mass is 10.1. The summed E-state index contributed by atoms with van der Waals surface area (Å²) >= 11 is 0. The maximum absolute atomic E-state index is 13.2. The molecule has 0 bridgehead atoms. The number of rotatable bonds is 10. The Labute approximate surface area is 178 Å². The number of morpholine rings is 1. The van der Waals surface area contributed by atoms with Crippen LogP contribution in [0.4, 0.5) is 4.39 Å². The summed E-state index contributed by atoms with van der Waals surface area (Å²) in [5.41, 5.74) is 0.131. The SMILES string of the molecule is COCCN(C[C@@H]1CN(C[C@H](O)COC(C)(C)C)CCO1)C(=O)c1ccc(F)cc1. The van der Waals surface area contributed by atoms with Gasteiger partial charge in [0.1, 0.15) is 5.82 Å². The van der Waals surface area contributed by atoms with Crippen molar-refractivity contribution in [1.29, 1.82) is 0 Å². The molecule has 1 saturated heterocycles. The summed E-state index contributed by atoms with van der Waals surface area (Å²) in [5.74, 6) is -0.568. The average Bonchev–Trinajstić information content (AvgIpc) is 2.69. The highest BCUT2D eigenvalue weighted by Gasteiger charge is 2.27. The highest BCUT2D eigenvalue weighted by atomic mass is 19.1. The first kappa shape index (κ1) is 24.7. The molecule has 1 aromatic carbocycles. The summed E-state index contributed by atoms with van der Waals surface area (Å²) in [7, 11) is 1.58. The first-order chi connectivity index (χ1) is 14.2. The number of β-amino-alcohol motifs (C(OH)–C–C–N with tert-alkyl or cyclic N) is 1. The second-order valence-electron chi connectivity index (χ2n) is 8.58. The molecule has 1 fully saturated rings. The van der Waals surface area contributed by atoms with Gasteiger partial charge in [-0.05, 0) is 45.0 Å². The van der Waals surface area contributed by atoms with Gasteiger partial charge in [-0.2, -0.15) is 0 Å². The number of halogens is 1. The van der Waals surface area contributed by atoms with E-state index in [9.17, 15) is 14.3 Å². The highest BCUT2D eigenvalue weighted by Crippen LogP contribution is 2.13. The van der Waals surface area contributed by atoms with Crippen molar-refractivity contribution in [2.75, 3.05) is 59.7 Å². The quantitative estimate of drug-likeness (QED) is 0.615. The molecule has 0 radical (unpaired) electrons. The molecule has 0 spiro atoms. The van der Waals surface area contributed by atoms with Gasteiger partial charge in [-0.3, -0.25) is 9.69 Å². The first-order valence-electron chi connectivity index (χ1n) is 10.4. The van der Waals surface area contributed by atoms with Crippen LogP contribution in [0.5, 0.6) is 0 Å². The van der Waals surface area contributed by atoms with Crippen LogP contribution in [0.1, 0.15) is 31.1 Å². The van der Waals surface area contributed by atoms with Gasteiger partial charge in [-0.25, -0.2) is 4.39 Å². The predicted molar refractivity (Wildman–Crippen MR) is 112 cm³/mol. The Morgan fingerprint density at radius 3 is 2.70 bits per heavy atom. The Morgan fingerprint density at radius 2 is 2.07 bits per heavy atom. The number of carbonyl (C=O) groups is 1. The van der Waals surface area contributed by atoms with Crippen LogP contribution in [0.25, 0.3) is 0 Å². The van der Waals surface area contributed by atoms with Crippen molar-refractivity contribution in [3.8, 4) is 0 Å². The third-order valence-electron chi connectivity index (χ3n) is 4.77. The fraction of sp³-hybridized carbons (Fsp3) is 0.682. The van der Waals surface area contributed by atoms with Crippen molar-refractivity contribution in [2.24, 2.45) is 0 Å². The highest BCUT2D eigenvalue weighted by molar-refractivity contribution is 5.94. The molecule has 1 aliphatic rings. The summed E-state index contributed by atoms with van der Waals surface area (Å²) in [5, 5.41) is 10.3. The number of nitrogens with zero attached hydrogens (tertiary/aromatic N) is 2. The Balaban J connectivity index is 1.93. The third kappa shape index (κ3) is 8.65. The molecule has 0 saturated carbocycles. The fourth-order valence-corrected chi connectivity index (χ4v) is 3.25. The second-order valence-corrected chi connectivity index (χ2v) is 8.58. The van der Waals surface area contributed by atoms with E-state index >= 15 is 0 Å². The molecule has 1 heterocycles. The number of methoxy groups -OCH3 is 1. The van der Waals surface area contributed by atoms with Gasteiger partial charge in [0.25, 0.3) is 5.91 Å². The van der Waals surface area contributed by atoms with Gasteiger partial charge in [-0.15, -0.1) is 0 Å². The number of amides is 1. The number of aliphatic hydroxyl groups excluding tert-OH is 1. The first-order valence-corrected chi connectivity index (χ1v) is 10.4. The van der Waals surface area contributed by atoms with Crippen LogP contribution in [0, 0.1) is 5.82 Å². The zero-order valence-electron chi connectivity index (χ0n) is 18.5. The minimum atomic E-state index is -0.589. The maximum Gasteiger partial charge on any atom is 0.254 e. The number of hydrogen-bond donors (Lipinski definition) is 1. The summed E-state index contributed by atoms with van der Waals surface area (Å²) < 4.78 is 29.9.